The molecule has 0 saturated carbocycles. The van der Waals surface area contributed by atoms with Crippen molar-refractivity contribution in [1.29, 1.82) is 0 Å². The Kier molecular flexibility index (Phi) is 4.49. The summed E-state index contributed by atoms with van der Waals surface area (Å²) in [6.07, 6.45) is -4.11. The van der Waals surface area contributed by atoms with Gasteiger partial charge < -0.3 is 15.4 Å². The molecule has 1 amide bonds. The van der Waals surface area contributed by atoms with Gasteiger partial charge in [0.2, 0.25) is 5.91 Å². The molecule has 1 aromatic carbocycles. The maximum Gasteiger partial charge on any atom is 0.573 e. The largest absolute Gasteiger partial charge is 0.573 e. The van der Waals surface area contributed by atoms with Crippen LogP contribution < -0.4 is 15.4 Å². The number of nitrogens with one attached hydrogen (secondary N) is 2. The molecular weight excluding hydrogens is 273 g/mol. The minimum atomic E-state index is -4.67. The van der Waals surface area contributed by atoms with E-state index in [-0.39, 0.29) is 17.6 Å². The summed E-state index contributed by atoms with van der Waals surface area (Å²) in [6, 6.07) is 5.64. The summed E-state index contributed by atoms with van der Waals surface area (Å²) in [5.74, 6) is -0.191. The number of carbonyl (C=O) groups is 1. The quantitative estimate of drug-likeness (QED) is 0.862. The van der Waals surface area contributed by atoms with Crippen molar-refractivity contribution in [3.05, 3.63) is 29.8 Å². The molecule has 2 N–H and O–H groups in total. The lowest BCUT2D eigenvalue weighted by Crippen LogP contribution is -2.51. The Bertz CT molecular complexity index is 456. The highest BCUT2D eigenvalue weighted by Gasteiger charge is 2.30. The van der Waals surface area contributed by atoms with Gasteiger partial charge >= 0.3 is 6.36 Å². The number of hydrogen-bond acceptors (Lipinski definition) is 3. The van der Waals surface area contributed by atoms with E-state index >= 15 is 0 Å². The van der Waals surface area contributed by atoms with E-state index in [0.717, 1.165) is 5.56 Å². The molecule has 2 rings (SSSR count). The molecule has 4 nitrogen and oxygen atoms in total. The van der Waals surface area contributed by atoms with Crippen molar-refractivity contribution in [2.75, 3.05) is 19.6 Å². The molecule has 0 unspecified atom stereocenters. The van der Waals surface area contributed by atoms with Gasteiger partial charge in [0.1, 0.15) is 5.75 Å². The van der Waals surface area contributed by atoms with Gasteiger partial charge in [-0.3, -0.25) is 4.79 Å². The van der Waals surface area contributed by atoms with Crippen LogP contribution >= 0.6 is 0 Å². The summed E-state index contributed by atoms with van der Waals surface area (Å²) in [6.45, 7) is 1.87. The van der Waals surface area contributed by atoms with E-state index in [2.05, 4.69) is 15.4 Å². The monoisotopic (exact) mass is 288 g/mol. The van der Waals surface area contributed by atoms with E-state index in [1.165, 1.54) is 12.1 Å². The van der Waals surface area contributed by atoms with Crippen molar-refractivity contribution >= 4 is 5.91 Å². The summed E-state index contributed by atoms with van der Waals surface area (Å²) >= 11 is 0. The normalized spacial score (nSPS) is 15.6. The third-order valence-corrected chi connectivity index (χ3v) is 3.02. The lowest BCUT2D eigenvalue weighted by molar-refractivity contribution is -0.274. The van der Waals surface area contributed by atoms with E-state index in [9.17, 15) is 18.0 Å². The Morgan fingerprint density at radius 2 is 1.95 bits per heavy atom. The van der Waals surface area contributed by atoms with Gasteiger partial charge in [0, 0.05) is 19.6 Å². The number of carbonyl (C=O) groups excluding carboxylic acids is 1. The molecule has 7 heteroatoms. The van der Waals surface area contributed by atoms with Gasteiger partial charge in [0.05, 0.1) is 5.92 Å². The fourth-order valence-electron chi connectivity index (χ4n) is 1.81. The van der Waals surface area contributed by atoms with Crippen LogP contribution in [0.3, 0.4) is 0 Å². The molecule has 1 aromatic rings. The first-order valence-corrected chi connectivity index (χ1v) is 6.27. The molecule has 0 bridgehead atoms. The zero-order valence-corrected chi connectivity index (χ0v) is 10.7. The number of benzene rings is 1. The molecule has 0 radical (unpaired) electrons. The van der Waals surface area contributed by atoms with Crippen LogP contribution in [0.15, 0.2) is 24.3 Å². The van der Waals surface area contributed by atoms with Gasteiger partial charge in [0.15, 0.2) is 0 Å². The van der Waals surface area contributed by atoms with Crippen molar-refractivity contribution < 1.29 is 22.7 Å². The molecular formula is C13H15F3N2O2. The Balaban J connectivity index is 1.74. The molecule has 110 valence electrons. The van der Waals surface area contributed by atoms with Crippen molar-refractivity contribution in [3.63, 3.8) is 0 Å². The molecule has 1 aliphatic heterocycles. The molecule has 0 aromatic heterocycles. The lowest BCUT2D eigenvalue weighted by Gasteiger charge is -2.25. The fourth-order valence-corrected chi connectivity index (χ4v) is 1.81. The molecule has 20 heavy (non-hydrogen) atoms. The maximum atomic E-state index is 12.0. The Labute approximate surface area is 114 Å². The summed E-state index contributed by atoms with van der Waals surface area (Å²) in [4.78, 5) is 11.5. The number of ether oxygens (including phenoxy) is 1. The topological polar surface area (TPSA) is 50.4 Å². The Morgan fingerprint density at radius 1 is 1.30 bits per heavy atom. The third-order valence-electron chi connectivity index (χ3n) is 3.02. The number of alkyl halides is 3. The van der Waals surface area contributed by atoms with E-state index in [1.54, 1.807) is 12.1 Å². The minimum absolute atomic E-state index is 0.0146. The van der Waals surface area contributed by atoms with Gasteiger partial charge in [-0.2, -0.15) is 0 Å². The molecule has 1 saturated heterocycles. The second kappa shape index (κ2) is 6.13. The van der Waals surface area contributed by atoms with Crippen LogP contribution in [0.1, 0.15) is 5.56 Å². The van der Waals surface area contributed by atoms with Crippen molar-refractivity contribution in [2.24, 2.45) is 5.92 Å². The van der Waals surface area contributed by atoms with Crippen LogP contribution in [-0.2, 0) is 11.2 Å². The molecule has 1 aliphatic rings. The number of rotatable bonds is 5. The average molecular weight is 288 g/mol. The molecule has 1 heterocycles. The maximum absolute atomic E-state index is 12.0. The zero-order valence-electron chi connectivity index (χ0n) is 10.7. The average Bonchev–Trinajstić information content (AvgIpc) is 2.27. The SMILES string of the molecule is O=C(NCCc1ccc(OC(F)(F)F)cc1)C1CNC1. The van der Waals surface area contributed by atoms with Gasteiger partial charge in [-0.25, -0.2) is 0 Å². The third kappa shape index (κ3) is 4.41. The highest BCUT2D eigenvalue weighted by atomic mass is 19.4. The summed E-state index contributed by atoms with van der Waals surface area (Å²) < 4.78 is 39.7. The second-order valence-corrected chi connectivity index (χ2v) is 4.59. The molecule has 0 aliphatic carbocycles. The number of hydrogen-bond donors (Lipinski definition) is 2. The van der Waals surface area contributed by atoms with Gasteiger partial charge in [-0.15, -0.1) is 13.2 Å². The summed E-state index contributed by atoms with van der Waals surface area (Å²) in [5, 5.41) is 5.80. The molecule has 1 fully saturated rings. The molecule has 0 spiro atoms. The number of halogens is 3. The van der Waals surface area contributed by atoms with E-state index in [0.29, 0.717) is 26.1 Å². The fraction of sp³-hybridized carbons (Fsp3) is 0.462. The Hall–Kier alpha value is -1.76. The van der Waals surface area contributed by atoms with E-state index in [1.807, 2.05) is 0 Å². The number of amides is 1. The van der Waals surface area contributed by atoms with Crippen LogP contribution in [-0.4, -0.2) is 31.9 Å². The first-order chi connectivity index (χ1) is 9.44. The summed E-state index contributed by atoms with van der Waals surface area (Å²) in [5.41, 5.74) is 0.839. The molecule has 0 atom stereocenters. The van der Waals surface area contributed by atoms with E-state index in [4.69, 9.17) is 0 Å². The van der Waals surface area contributed by atoms with Crippen LogP contribution in [0.5, 0.6) is 5.75 Å². The predicted molar refractivity (Wildman–Crippen MR) is 66.2 cm³/mol. The van der Waals surface area contributed by atoms with Crippen LogP contribution in [0.4, 0.5) is 13.2 Å². The highest BCUT2D eigenvalue weighted by Crippen LogP contribution is 2.22. The second-order valence-electron chi connectivity index (χ2n) is 4.59. The van der Waals surface area contributed by atoms with Crippen molar-refractivity contribution in [3.8, 4) is 5.75 Å². The standard InChI is InChI=1S/C13H15F3N2O2/c14-13(15,16)20-11-3-1-9(2-4-11)5-6-18-12(19)10-7-17-8-10/h1-4,10,17H,5-8H2,(H,18,19). The smallest absolute Gasteiger partial charge is 0.406 e. The lowest BCUT2D eigenvalue weighted by atomic mass is 10.0. The highest BCUT2D eigenvalue weighted by molar-refractivity contribution is 5.79. The summed E-state index contributed by atoms with van der Waals surface area (Å²) in [7, 11) is 0. The zero-order chi connectivity index (χ0) is 14.6. The van der Waals surface area contributed by atoms with Gasteiger partial charge in [-0.05, 0) is 24.1 Å². The predicted octanol–water partition coefficient (Wildman–Crippen LogP) is 1.46. The Morgan fingerprint density at radius 3 is 2.45 bits per heavy atom. The van der Waals surface area contributed by atoms with Gasteiger partial charge in [-0.1, -0.05) is 12.1 Å². The van der Waals surface area contributed by atoms with Crippen LogP contribution in [0.2, 0.25) is 0 Å². The minimum Gasteiger partial charge on any atom is -0.406 e. The first-order valence-electron chi connectivity index (χ1n) is 6.27. The van der Waals surface area contributed by atoms with Crippen molar-refractivity contribution in [1.82, 2.24) is 10.6 Å². The first kappa shape index (κ1) is 14.6. The van der Waals surface area contributed by atoms with E-state index < -0.39 is 6.36 Å². The van der Waals surface area contributed by atoms with Crippen LogP contribution in [0.25, 0.3) is 0 Å². The van der Waals surface area contributed by atoms with Gasteiger partial charge in [0.25, 0.3) is 0 Å². The van der Waals surface area contributed by atoms with Crippen molar-refractivity contribution in [2.45, 2.75) is 12.8 Å². The van der Waals surface area contributed by atoms with Crippen LogP contribution in [0, 0.1) is 5.92 Å².